The van der Waals surface area contributed by atoms with E-state index >= 15 is 0 Å². The Labute approximate surface area is 120 Å². The molecule has 0 aromatic heterocycles. The lowest BCUT2D eigenvalue weighted by Gasteiger charge is -2.27. The molecule has 0 atom stereocenters. The smallest absolute Gasteiger partial charge is 0.330 e. The van der Waals surface area contributed by atoms with E-state index in [1.807, 2.05) is 18.0 Å². The molecule has 1 saturated heterocycles. The highest BCUT2D eigenvalue weighted by molar-refractivity contribution is 5.84. The molecule has 0 amide bonds. The molecule has 0 bridgehead atoms. The first-order valence-corrected chi connectivity index (χ1v) is 7.48. The molecule has 1 aromatic rings. The molecule has 2 aliphatic rings. The van der Waals surface area contributed by atoms with Gasteiger partial charge in [0.2, 0.25) is 0 Å². The number of likely N-dealkylation sites (N-methyl/N-ethyl adjacent to an activating group) is 1. The van der Waals surface area contributed by atoms with Gasteiger partial charge in [-0.3, -0.25) is 0 Å². The van der Waals surface area contributed by atoms with Gasteiger partial charge in [-0.25, -0.2) is 4.79 Å². The van der Waals surface area contributed by atoms with Gasteiger partial charge in [0.25, 0.3) is 0 Å². The van der Waals surface area contributed by atoms with Crippen LogP contribution < -0.4 is 15.0 Å². The number of anilines is 1. The van der Waals surface area contributed by atoms with Crippen molar-refractivity contribution in [2.24, 2.45) is 5.92 Å². The van der Waals surface area contributed by atoms with Crippen LogP contribution in [0.15, 0.2) is 18.2 Å². The summed E-state index contributed by atoms with van der Waals surface area (Å²) in [6.07, 6.45) is 4.95. The number of piperidine rings is 1. The Morgan fingerprint density at radius 2 is 2.15 bits per heavy atom. The van der Waals surface area contributed by atoms with Crippen molar-refractivity contribution in [3.05, 3.63) is 23.8 Å². The molecule has 4 nitrogen and oxygen atoms in total. The first-order chi connectivity index (χ1) is 9.72. The number of ether oxygens (including phenoxy) is 1. The highest BCUT2D eigenvalue weighted by atomic mass is 16.5. The number of fused-ring (bicyclic) bond motifs is 1. The van der Waals surface area contributed by atoms with Crippen molar-refractivity contribution in [2.45, 2.75) is 25.7 Å². The largest absolute Gasteiger partial charge is 0.423 e. The van der Waals surface area contributed by atoms with Gasteiger partial charge in [-0.1, -0.05) is 6.07 Å². The Hall–Kier alpha value is -1.55. The van der Waals surface area contributed by atoms with Gasteiger partial charge in [0.15, 0.2) is 5.75 Å². The molecule has 4 heteroatoms. The number of rotatable bonds is 3. The van der Waals surface area contributed by atoms with Crippen LogP contribution in [0.1, 0.15) is 24.8 Å². The number of hydrogen-bond donors (Lipinski definition) is 1. The first-order valence-electron chi connectivity index (χ1n) is 7.48. The minimum Gasteiger partial charge on any atom is -0.423 e. The summed E-state index contributed by atoms with van der Waals surface area (Å²) in [4.78, 5) is 13.4. The van der Waals surface area contributed by atoms with Crippen LogP contribution in [-0.4, -0.2) is 32.7 Å². The Balaban J connectivity index is 1.66. The van der Waals surface area contributed by atoms with Gasteiger partial charge in [0.1, 0.15) is 6.54 Å². The van der Waals surface area contributed by atoms with Crippen LogP contribution in [0.4, 0.5) is 5.69 Å². The van der Waals surface area contributed by atoms with Gasteiger partial charge in [0.05, 0.1) is 5.69 Å². The first kappa shape index (κ1) is 13.4. The topological polar surface area (TPSA) is 41.6 Å². The van der Waals surface area contributed by atoms with Crippen molar-refractivity contribution < 1.29 is 9.53 Å². The van der Waals surface area contributed by atoms with Gasteiger partial charge < -0.3 is 15.0 Å². The highest BCUT2D eigenvalue weighted by Crippen LogP contribution is 2.32. The van der Waals surface area contributed by atoms with Crippen molar-refractivity contribution in [3.8, 4) is 5.75 Å². The summed E-state index contributed by atoms with van der Waals surface area (Å²) in [6.45, 7) is 2.66. The van der Waals surface area contributed by atoms with Crippen molar-refractivity contribution >= 4 is 11.7 Å². The third kappa shape index (κ3) is 2.96. The molecule has 3 rings (SSSR count). The van der Waals surface area contributed by atoms with E-state index in [2.05, 4.69) is 17.4 Å². The van der Waals surface area contributed by atoms with Crippen LogP contribution in [0.25, 0.3) is 0 Å². The normalized spacial score (nSPS) is 19.6. The van der Waals surface area contributed by atoms with Gasteiger partial charge in [-0.2, -0.15) is 0 Å². The zero-order chi connectivity index (χ0) is 13.9. The van der Waals surface area contributed by atoms with Crippen LogP contribution in [-0.2, 0) is 11.2 Å². The van der Waals surface area contributed by atoms with Crippen LogP contribution in [0.5, 0.6) is 5.75 Å². The summed E-state index contributed by atoms with van der Waals surface area (Å²) in [5.74, 6) is 1.36. The molecule has 1 N–H and O–H groups in total. The van der Waals surface area contributed by atoms with Crippen molar-refractivity contribution in [2.75, 3.05) is 31.6 Å². The Morgan fingerprint density at radius 1 is 1.35 bits per heavy atom. The highest BCUT2D eigenvalue weighted by Gasteiger charge is 2.21. The van der Waals surface area contributed by atoms with Crippen molar-refractivity contribution in [3.63, 3.8) is 0 Å². The molecule has 0 radical (unpaired) electrons. The lowest BCUT2D eigenvalue weighted by Crippen LogP contribution is -2.33. The van der Waals surface area contributed by atoms with E-state index in [4.69, 9.17) is 4.74 Å². The molecule has 0 aliphatic carbocycles. The number of carbonyl (C=O) groups excluding carboxylic acids is 1. The maximum atomic E-state index is 11.4. The number of carbonyl (C=O) groups is 1. The van der Waals surface area contributed by atoms with E-state index in [9.17, 15) is 4.79 Å². The fourth-order valence-corrected chi connectivity index (χ4v) is 3.08. The van der Waals surface area contributed by atoms with E-state index in [1.54, 1.807) is 0 Å². The summed E-state index contributed by atoms with van der Waals surface area (Å²) >= 11 is 0. The van der Waals surface area contributed by atoms with E-state index in [-0.39, 0.29) is 5.97 Å². The van der Waals surface area contributed by atoms with Crippen LogP contribution in [0.3, 0.4) is 0 Å². The molecule has 108 valence electrons. The third-order valence-corrected chi connectivity index (χ3v) is 4.32. The molecule has 20 heavy (non-hydrogen) atoms. The van der Waals surface area contributed by atoms with Crippen LogP contribution in [0.2, 0.25) is 0 Å². The molecule has 0 saturated carbocycles. The third-order valence-electron chi connectivity index (χ3n) is 4.32. The molecule has 1 fully saturated rings. The minimum absolute atomic E-state index is 0.178. The number of aryl methyl sites for hydroxylation is 1. The quantitative estimate of drug-likeness (QED) is 0.676. The fourth-order valence-electron chi connectivity index (χ4n) is 3.08. The van der Waals surface area contributed by atoms with Gasteiger partial charge in [-0.15, -0.1) is 0 Å². The summed E-state index contributed by atoms with van der Waals surface area (Å²) in [7, 11) is 1.94. The van der Waals surface area contributed by atoms with Gasteiger partial charge in [-0.05, 0) is 62.4 Å². The molecule has 2 heterocycles. The molecule has 0 spiro atoms. The number of nitrogens with one attached hydrogen (secondary N) is 1. The predicted octanol–water partition coefficient (Wildman–Crippen LogP) is 1.97. The molecular weight excluding hydrogens is 252 g/mol. The Bertz CT molecular complexity index is 495. The van der Waals surface area contributed by atoms with E-state index in [1.165, 1.54) is 24.8 Å². The monoisotopic (exact) mass is 274 g/mol. The molecular formula is C16H22N2O2. The average Bonchev–Trinajstić information content (AvgIpc) is 2.46. The van der Waals surface area contributed by atoms with E-state index < -0.39 is 0 Å². The van der Waals surface area contributed by atoms with E-state index in [0.29, 0.717) is 12.3 Å². The fraction of sp³-hybridized carbons (Fsp3) is 0.562. The molecule has 0 unspecified atom stereocenters. The summed E-state index contributed by atoms with van der Waals surface area (Å²) < 4.78 is 5.26. The summed E-state index contributed by atoms with van der Waals surface area (Å²) in [5, 5.41) is 3.41. The lowest BCUT2D eigenvalue weighted by atomic mass is 9.91. The maximum Gasteiger partial charge on any atom is 0.330 e. The van der Waals surface area contributed by atoms with Crippen LogP contribution >= 0.6 is 0 Å². The van der Waals surface area contributed by atoms with Crippen LogP contribution in [0, 0.1) is 5.92 Å². The number of esters is 1. The Kier molecular flexibility index (Phi) is 3.92. The SMILES string of the molecule is CN1CC(=O)Oc2ccc(CCC3CCNCC3)cc21. The average molecular weight is 274 g/mol. The molecule has 2 aliphatic heterocycles. The standard InChI is InChI=1S/C16H22N2O2/c1-18-11-16(19)20-15-5-4-13(10-14(15)18)3-2-12-6-8-17-9-7-12/h4-5,10,12,17H,2-3,6-9,11H2,1H3. The lowest BCUT2D eigenvalue weighted by molar-refractivity contribution is -0.133. The zero-order valence-corrected chi connectivity index (χ0v) is 12.0. The summed E-state index contributed by atoms with van der Waals surface area (Å²) in [6, 6.07) is 6.19. The minimum atomic E-state index is -0.178. The molecule has 1 aromatic carbocycles. The van der Waals surface area contributed by atoms with Crippen molar-refractivity contribution in [1.29, 1.82) is 0 Å². The van der Waals surface area contributed by atoms with Gasteiger partial charge >= 0.3 is 5.97 Å². The van der Waals surface area contributed by atoms with Crippen molar-refractivity contribution in [1.82, 2.24) is 5.32 Å². The number of nitrogens with zero attached hydrogens (tertiary/aromatic N) is 1. The second kappa shape index (κ2) is 5.83. The predicted molar refractivity (Wildman–Crippen MR) is 79.3 cm³/mol. The van der Waals surface area contributed by atoms with E-state index in [0.717, 1.165) is 31.1 Å². The second-order valence-corrected chi connectivity index (χ2v) is 5.86. The number of benzene rings is 1. The number of hydrogen-bond acceptors (Lipinski definition) is 4. The maximum absolute atomic E-state index is 11.4. The van der Waals surface area contributed by atoms with Gasteiger partial charge in [0, 0.05) is 7.05 Å². The summed E-state index contributed by atoms with van der Waals surface area (Å²) in [5.41, 5.74) is 2.37. The second-order valence-electron chi connectivity index (χ2n) is 5.86. The zero-order valence-electron chi connectivity index (χ0n) is 12.0. The Morgan fingerprint density at radius 3 is 2.95 bits per heavy atom.